The van der Waals surface area contributed by atoms with Crippen molar-refractivity contribution in [1.29, 1.82) is 0 Å². The van der Waals surface area contributed by atoms with Crippen LogP contribution >= 0.6 is 7.92 Å². The predicted octanol–water partition coefficient (Wildman–Crippen LogP) is 2.86. The minimum absolute atomic E-state index is 0.218. The summed E-state index contributed by atoms with van der Waals surface area (Å²) >= 11 is 0. The molecular formula is C16H20NP. The summed E-state index contributed by atoms with van der Waals surface area (Å²) in [5, 5.41) is 2.94. The average molecular weight is 257 g/mol. The first-order valence-electron chi connectivity index (χ1n) is 6.49. The van der Waals surface area contributed by atoms with Crippen LogP contribution in [-0.2, 0) is 0 Å². The molecule has 0 saturated heterocycles. The normalized spacial score (nSPS) is 10.8. The van der Waals surface area contributed by atoms with E-state index in [0.29, 0.717) is 0 Å². The van der Waals surface area contributed by atoms with Gasteiger partial charge in [-0.2, -0.15) is 0 Å². The Bertz CT molecular complexity index is 402. The van der Waals surface area contributed by atoms with Gasteiger partial charge >= 0.3 is 0 Å². The van der Waals surface area contributed by atoms with Gasteiger partial charge in [-0.15, -0.1) is 0 Å². The van der Waals surface area contributed by atoms with Crippen LogP contribution in [0.3, 0.4) is 0 Å². The molecule has 2 rings (SSSR count). The molecule has 0 radical (unpaired) electrons. The van der Waals surface area contributed by atoms with Gasteiger partial charge in [0.2, 0.25) is 0 Å². The van der Waals surface area contributed by atoms with Crippen LogP contribution in [0.1, 0.15) is 12.8 Å². The molecule has 2 aromatic rings. The third kappa shape index (κ3) is 3.66. The summed E-state index contributed by atoms with van der Waals surface area (Å²) in [6.45, 7) is 0.798. The number of benzene rings is 2. The largest absolute Gasteiger partial charge is 0.330 e. The lowest BCUT2D eigenvalue weighted by atomic mass is 10.3. The van der Waals surface area contributed by atoms with Gasteiger partial charge in [0.05, 0.1) is 0 Å². The second-order valence-electron chi connectivity index (χ2n) is 4.32. The van der Waals surface area contributed by atoms with Gasteiger partial charge in [0.1, 0.15) is 0 Å². The maximum Gasteiger partial charge on any atom is -0.00771 e. The summed E-state index contributed by atoms with van der Waals surface area (Å²) in [5.41, 5.74) is 5.60. The second kappa shape index (κ2) is 7.31. The third-order valence-electron chi connectivity index (χ3n) is 2.97. The molecular weight excluding hydrogens is 237 g/mol. The molecule has 18 heavy (non-hydrogen) atoms. The third-order valence-corrected chi connectivity index (χ3v) is 5.58. The van der Waals surface area contributed by atoms with Gasteiger partial charge < -0.3 is 5.73 Å². The fourth-order valence-electron chi connectivity index (χ4n) is 2.04. The highest BCUT2D eigenvalue weighted by atomic mass is 31.1. The second-order valence-corrected chi connectivity index (χ2v) is 6.65. The van der Waals surface area contributed by atoms with Crippen LogP contribution < -0.4 is 16.3 Å². The van der Waals surface area contributed by atoms with Crippen molar-refractivity contribution in [2.24, 2.45) is 5.73 Å². The van der Waals surface area contributed by atoms with Gasteiger partial charge in [-0.05, 0) is 44.1 Å². The van der Waals surface area contributed by atoms with Crippen LogP contribution in [-0.4, -0.2) is 12.7 Å². The maximum atomic E-state index is 5.60. The van der Waals surface area contributed by atoms with Gasteiger partial charge in [0, 0.05) is 0 Å². The first kappa shape index (κ1) is 13.3. The Balaban J connectivity index is 2.18. The highest BCUT2D eigenvalue weighted by Gasteiger charge is 2.12. The lowest BCUT2D eigenvalue weighted by molar-refractivity contribution is 0.813. The van der Waals surface area contributed by atoms with Crippen LogP contribution in [0.4, 0.5) is 0 Å². The lowest BCUT2D eigenvalue weighted by Crippen LogP contribution is -2.14. The van der Waals surface area contributed by atoms with E-state index in [1.807, 2.05) is 0 Å². The molecule has 0 aliphatic carbocycles. The quantitative estimate of drug-likeness (QED) is 0.625. The summed E-state index contributed by atoms with van der Waals surface area (Å²) in [6.07, 6.45) is 3.57. The van der Waals surface area contributed by atoms with Crippen molar-refractivity contribution >= 4 is 18.5 Å². The van der Waals surface area contributed by atoms with E-state index in [1.54, 1.807) is 0 Å². The zero-order valence-corrected chi connectivity index (χ0v) is 11.5. The molecule has 0 saturated carbocycles. The molecule has 0 fully saturated rings. The molecule has 0 aliphatic heterocycles. The Kier molecular flexibility index (Phi) is 5.38. The fourth-order valence-corrected chi connectivity index (χ4v) is 4.46. The summed E-state index contributed by atoms with van der Waals surface area (Å²) < 4.78 is 0. The van der Waals surface area contributed by atoms with E-state index in [-0.39, 0.29) is 7.92 Å². The molecule has 0 amide bonds. The molecule has 2 N–H and O–H groups in total. The molecule has 0 spiro atoms. The monoisotopic (exact) mass is 257 g/mol. The number of hydrogen-bond acceptors (Lipinski definition) is 1. The molecule has 0 aromatic heterocycles. The van der Waals surface area contributed by atoms with E-state index >= 15 is 0 Å². The van der Waals surface area contributed by atoms with Crippen molar-refractivity contribution in [3.63, 3.8) is 0 Å². The number of rotatable bonds is 6. The van der Waals surface area contributed by atoms with Crippen LogP contribution in [0, 0.1) is 0 Å². The Morgan fingerprint density at radius 3 is 1.67 bits per heavy atom. The predicted molar refractivity (Wildman–Crippen MR) is 82.2 cm³/mol. The fraction of sp³-hybridized carbons (Fsp3) is 0.250. The molecule has 0 aliphatic rings. The molecule has 94 valence electrons. The zero-order chi connectivity index (χ0) is 12.6. The zero-order valence-electron chi connectivity index (χ0n) is 10.6. The standard InChI is InChI=1S/C16H20NP/c17-13-7-8-14-18(15-9-3-1-4-10-15)16-11-5-2-6-12-16/h1-6,9-12H,7-8,13-14,17H2. The Labute approximate surface area is 111 Å². The van der Waals surface area contributed by atoms with Crippen molar-refractivity contribution in [2.75, 3.05) is 12.7 Å². The van der Waals surface area contributed by atoms with E-state index in [0.717, 1.165) is 13.0 Å². The SMILES string of the molecule is NCCCCP(c1ccccc1)c1ccccc1. The van der Waals surface area contributed by atoms with Crippen LogP contribution in [0.2, 0.25) is 0 Å². The first-order valence-corrected chi connectivity index (χ1v) is 8.02. The number of unbranched alkanes of at least 4 members (excludes halogenated alkanes) is 1. The molecule has 2 heteroatoms. The van der Waals surface area contributed by atoms with Crippen molar-refractivity contribution in [3.8, 4) is 0 Å². The molecule has 2 aromatic carbocycles. The van der Waals surface area contributed by atoms with Crippen LogP contribution in [0.15, 0.2) is 60.7 Å². The van der Waals surface area contributed by atoms with E-state index in [1.165, 1.54) is 23.2 Å². The van der Waals surface area contributed by atoms with E-state index < -0.39 is 0 Å². The summed E-state index contributed by atoms with van der Waals surface area (Å²) in [7, 11) is -0.218. The average Bonchev–Trinajstić information content (AvgIpc) is 2.46. The van der Waals surface area contributed by atoms with Gasteiger partial charge in [0.15, 0.2) is 0 Å². The van der Waals surface area contributed by atoms with Crippen molar-refractivity contribution in [1.82, 2.24) is 0 Å². The lowest BCUT2D eigenvalue weighted by Gasteiger charge is -2.18. The van der Waals surface area contributed by atoms with Crippen molar-refractivity contribution in [2.45, 2.75) is 12.8 Å². The molecule has 1 nitrogen and oxygen atoms in total. The Morgan fingerprint density at radius 2 is 1.22 bits per heavy atom. The molecule has 0 heterocycles. The van der Waals surface area contributed by atoms with Gasteiger partial charge in [0.25, 0.3) is 0 Å². The summed E-state index contributed by atoms with van der Waals surface area (Å²) in [5.74, 6) is 0. The van der Waals surface area contributed by atoms with Gasteiger partial charge in [-0.3, -0.25) is 0 Å². The van der Waals surface area contributed by atoms with E-state index in [9.17, 15) is 0 Å². The van der Waals surface area contributed by atoms with Gasteiger partial charge in [-0.25, -0.2) is 0 Å². The maximum absolute atomic E-state index is 5.60. The summed E-state index contributed by atoms with van der Waals surface area (Å²) in [4.78, 5) is 0. The Hall–Kier alpha value is -1.17. The number of hydrogen-bond donors (Lipinski definition) is 1. The van der Waals surface area contributed by atoms with Crippen LogP contribution in [0.5, 0.6) is 0 Å². The summed E-state index contributed by atoms with van der Waals surface area (Å²) in [6, 6.07) is 21.7. The van der Waals surface area contributed by atoms with Crippen molar-refractivity contribution < 1.29 is 0 Å². The minimum Gasteiger partial charge on any atom is -0.330 e. The molecule has 0 bridgehead atoms. The van der Waals surface area contributed by atoms with Crippen LogP contribution in [0.25, 0.3) is 0 Å². The van der Waals surface area contributed by atoms with E-state index in [4.69, 9.17) is 5.73 Å². The minimum atomic E-state index is -0.218. The van der Waals surface area contributed by atoms with Crippen molar-refractivity contribution in [3.05, 3.63) is 60.7 Å². The number of nitrogens with two attached hydrogens (primary N) is 1. The first-order chi connectivity index (χ1) is 8.92. The van der Waals surface area contributed by atoms with Gasteiger partial charge in [-0.1, -0.05) is 60.7 Å². The smallest absolute Gasteiger partial charge is 0.00771 e. The molecule has 0 unspecified atom stereocenters. The Morgan fingerprint density at radius 1 is 0.722 bits per heavy atom. The highest BCUT2D eigenvalue weighted by Crippen LogP contribution is 2.34. The topological polar surface area (TPSA) is 26.0 Å². The van der Waals surface area contributed by atoms with E-state index in [2.05, 4.69) is 60.7 Å². The highest BCUT2D eigenvalue weighted by molar-refractivity contribution is 7.73. The molecule has 0 atom stereocenters.